The number of hydrogen-bond donors (Lipinski definition) is 0. The van der Waals surface area contributed by atoms with Gasteiger partial charge in [-0.1, -0.05) is 57.2 Å². The molecule has 2 atom stereocenters. The first kappa shape index (κ1) is 24.0. The summed E-state index contributed by atoms with van der Waals surface area (Å²) in [5.41, 5.74) is 2.26. The Balaban J connectivity index is 1.55. The van der Waals surface area contributed by atoms with Crippen LogP contribution in [-0.2, 0) is 6.18 Å². The molecule has 1 aliphatic heterocycles. The molecule has 0 radical (unpaired) electrons. The van der Waals surface area contributed by atoms with Gasteiger partial charge in [0, 0.05) is 42.9 Å². The molecule has 34 heavy (non-hydrogen) atoms. The van der Waals surface area contributed by atoms with Crippen LogP contribution in [0, 0.1) is 5.41 Å². The second-order valence-electron chi connectivity index (χ2n) is 10.1. The number of hydrogen-bond acceptors (Lipinski definition) is 2. The van der Waals surface area contributed by atoms with Gasteiger partial charge in [0.25, 0.3) is 5.91 Å². The molecule has 3 aromatic rings. The van der Waals surface area contributed by atoms with E-state index in [1.54, 1.807) is 24.4 Å². The van der Waals surface area contributed by atoms with Crippen molar-refractivity contribution >= 4 is 5.91 Å². The van der Waals surface area contributed by atoms with Gasteiger partial charge in [-0.15, -0.1) is 0 Å². The molecular weight excluding hydrogens is 437 g/mol. The minimum Gasteiger partial charge on any atom is -0.338 e. The first-order valence-corrected chi connectivity index (χ1v) is 11.5. The zero-order valence-electron chi connectivity index (χ0n) is 19.6. The third kappa shape index (κ3) is 5.16. The highest BCUT2D eigenvalue weighted by Gasteiger charge is 2.34. The number of likely N-dealkylation sites (tertiary alicyclic amines) is 1. The second kappa shape index (κ2) is 9.24. The van der Waals surface area contributed by atoms with Crippen LogP contribution >= 0.6 is 0 Å². The molecule has 2 heterocycles. The second-order valence-corrected chi connectivity index (χ2v) is 10.1. The van der Waals surface area contributed by atoms with E-state index in [0.29, 0.717) is 24.2 Å². The number of carbonyl (C=O) groups excluding carboxylic acids is 1. The van der Waals surface area contributed by atoms with Crippen molar-refractivity contribution in [3.63, 3.8) is 0 Å². The third-order valence-corrected chi connectivity index (χ3v) is 6.54. The standard InChI is InChI=1S/C28H29F3N2O/c1-27(2,3)25(21-6-4-8-24(16-21)28(29,30)31)19-9-11-20(12-10-19)26(34)33-15-13-23(18-33)22-7-5-14-32-17-22/h4-12,14,16-17,23,25H,13,15,18H2,1-3H3. The van der Waals surface area contributed by atoms with Gasteiger partial charge in [0.05, 0.1) is 5.56 Å². The van der Waals surface area contributed by atoms with Crippen LogP contribution in [0.2, 0.25) is 0 Å². The number of alkyl halides is 3. The number of amides is 1. The van der Waals surface area contributed by atoms with Gasteiger partial charge in [0.15, 0.2) is 0 Å². The van der Waals surface area contributed by atoms with Gasteiger partial charge < -0.3 is 4.90 Å². The van der Waals surface area contributed by atoms with Crippen LogP contribution in [0.1, 0.15) is 71.6 Å². The summed E-state index contributed by atoms with van der Waals surface area (Å²) in [6.07, 6.45) is 0.107. The van der Waals surface area contributed by atoms with Crippen LogP contribution in [0.25, 0.3) is 0 Å². The predicted molar refractivity (Wildman–Crippen MR) is 127 cm³/mol. The number of carbonyl (C=O) groups is 1. The monoisotopic (exact) mass is 466 g/mol. The van der Waals surface area contributed by atoms with Crippen molar-refractivity contribution in [2.75, 3.05) is 13.1 Å². The highest BCUT2D eigenvalue weighted by molar-refractivity contribution is 5.94. The highest BCUT2D eigenvalue weighted by atomic mass is 19.4. The van der Waals surface area contributed by atoms with E-state index in [2.05, 4.69) is 4.98 Å². The summed E-state index contributed by atoms with van der Waals surface area (Å²) in [4.78, 5) is 19.2. The minimum atomic E-state index is -4.39. The Bertz CT molecular complexity index is 1130. The summed E-state index contributed by atoms with van der Waals surface area (Å²) in [6.45, 7) is 7.38. The molecule has 0 aliphatic carbocycles. The Labute approximate surface area is 198 Å². The Morgan fingerprint density at radius 3 is 2.35 bits per heavy atom. The van der Waals surface area contributed by atoms with Crippen molar-refractivity contribution in [2.45, 2.75) is 45.2 Å². The van der Waals surface area contributed by atoms with Gasteiger partial charge in [-0.25, -0.2) is 0 Å². The van der Waals surface area contributed by atoms with E-state index in [0.717, 1.165) is 23.6 Å². The maximum atomic E-state index is 13.3. The molecule has 178 valence electrons. The van der Waals surface area contributed by atoms with Crippen molar-refractivity contribution in [3.05, 3.63) is 101 Å². The Morgan fingerprint density at radius 2 is 1.74 bits per heavy atom. The molecule has 1 amide bonds. The van der Waals surface area contributed by atoms with E-state index in [4.69, 9.17) is 0 Å². The van der Waals surface area contributed by atoms with Gasteiger partial charge in [-0.2, -0.15) is 13.2 Å². The Hall–Kier alpha value is -3.15. The summed E-state index contributed by atoms with van der Waals surface area (Å²) in [7, 11) is 0. The van der Waals surface area contributed by atoms with Crippen molar-refractivity contribution in [2.24, 2.45) is 5.41 Å². The Kier molecular flexibility index (Phi) is 6.52. The lowest BCUT2D eigenvalue weighted by molar-refractivity contribution is -0.137. The largest absolute Gasteiger partial charge is 0.416 e. The summed E-state index contributed by atoms with van der Waals surface area (Å²) < 4.78 is 39.9. The normalized spacial score (nSPS) is 17.6. The molecule has 6 heteroatoms. The molecule has 2 unspecified atom stereocenters. The highest BCUT2D eigenvalue weighted by Crippen LogP contribution is 2.42. The molecule has 0 saturated carbocycles. The minimum absolute atomic E-state index is 0.0238. The molecule has 1 aliphatic rings. The lowest BCUT2D eigenvalue weighted by Gasteiger charge is -2.32. The van der Waals surface area contributed by atoms with Gasteiger partial charge in [0.1, 0.15) is 0 Å². The van der Waals surface area contributed by atoms with Crippen molar-refractivity contribution in [1.82, 2.24) is 9.88 Å². The summed E-state index contributed by atoms with van der Waals surface area (Å²) >= 11 is 0. The van der Waals surface area contributed by atoms with Crippen LogP contribution in [0.5, 0.6) is 0 Å². The number of halogens is 3. The smallest absolute Gasteiger partial charge is 0.338 e. The zero-order valence-corrected chi connectivity index (χ0v) is 19.6. The molecule has 2 aromatic carbocycles. The molecule has 0 spiro atoms. The fourth-order valence-corrected chi connectivity index (χ4v) is 4.92. The quantitative estimate of drug-likeness (QED) is 0.419. The molecule has 1 saturated heterocycles. The van der Waals surface area contributed by atoms with Gasteiger partial charge in [0.2, 0.25) is 0 Å². The lowest BCUT2D eigenvalue weighted by Crippen LogP contribution is -2.28. The topological polar surface area (TPSA) is 33.2 Å². The first-order chi connectivity index (χ1) is 16.0. The van der Waals surface area contributed by atoms with E-state index >= 15 is 0 Å². The SMILES string of the molecule is CC(C)(C)C(c1ccc(C(=O)N2CCC(c3cccnc3)C2)cc1)c1cccc(C(F)(F)F)c1. The van der Waals surface area contributed by atoms with E-state index in [9.17, 15) is 18.0 Å². The fourth-order valence-electron chi connectivity index (χ4n) is 4.92. The van der Waals surface area contributed by atoms with Gasteiger partial charge in [-0.05, 0) is 52.8 Å². The van der Waals surface area contributed by atoms with Crippen molar-refractivity contribution in [1.29, 1.82) is 0 Å². The molecule has 1 aromatic heterocycles. The summed E-state index contributed by atoms with van der Waals surface area (Å²) in [5, 5.41) is 0. The molecule has 1 fully saturated rings. The molecular formula is C28H29F3N2O. The van der Waals surface area contributed by atoms with E-state index in [1.165, 1.54) is 12.1 Å². The van der Waals surface area contributed by atoms with Crippen LogP contribution in [0.4, 0.5) is 13.2 Å². The van der Waals surface area contributed by atoms with Crippen LogP contribution in [0.15, 0.2) is 73.1 Å². The molecule has 4 rings (SSSR count). The maximum Gasteiger partial charge on any atom is 0.416 e. The van der Waals surface area contributed by atoms with E-state index in [-0.39, 0.29) is 23.2 Å². The maximum absolute atomic E-state index is 13.3. The summed E-state index contributed by atoms with van der Waals surface area (Å²) in [5.74, 6) is 0.00752. The van der Waals surface area contributed by atoms with E-state index < -0.39 is 11.7 Å². The van der Waals surface area contributed by atoms with Crippen molar-refractivity contribution in [3.8, 4) is 0 Å². The fraction of sp³-hybridized carbons (Fsp3) is 0.357. The average molecular weight is 467 g/mol. The van der Waals surface area contributed by atoms with Crippen LogP contribution in [0.3, 0.4) is 0 Å². The first-order valence-electron chi connectivity index (χ1n) is 11.5. The Morgan fingerprint density at radius 1 is 1.00 bits per heavy atom. The number of benzene rings is 2. The molecule has 0 bridgehead atoms. The molecule has 0 N–H and O–H groups in total. The number of pyridine rings is 1. The number of nitrogens with zero attached hydrogens (tertiary/aromatic N) is 2. The van der Waals surface area contributed by atoms with Crippen LogP contribution in [-0.4, -0.2) is 28.9 Å². The van der Waals surface area contributed by atoms with Gasteiger partial charge in [-0.3, -0.25) is 9.78 Å². The van der Waals surface area contributed by atoms with Crippen LogP contribution < -0.4 is 0 Å². The number of rotatable bonds is 4. The number of aromatic nitrogens is 1. The predicted octanol–water partition coefficient (Wildman–Crippen LogP) is 6.91. The average Bonchev–Trinajstić information content (AvgIpc) is 3.29. The van der Waals surface area contributed by atoms with Gasteiger partial charge >= 0.3 is 6.18 Å². The lowest BCUT2D eigenvalue weighted by atomic mass is 9.72. The zero-order chi connectivity index (χ0) is 24.5. The van der Waals surface area contributed by atoms with Crippen molar-refractivity contribution < 1.29 is 18.0 Å². The third-order valence-electron chi connectivity index (χ3n) is 6.54. The molecule has 3 nitrogen and oxygen atoms in total. The van der Waals surface area contributed by atoms with E-state index in [1.807, 2.05) is 56.1 Å². The summed E-state index contributed by atoms with van der Waals surface area (Å²) in [6, 6.07) is 16.8.